The highest BCUT2D eigenvalue weighted by molar-refractivity contribution is 5.88. The number of carbonyl (C=O) groups excluding carboxylic acids is 1. The van der Waals surface area contributed by atoms with E-state index in [1.807, 2.05) is 74.1 Å². The summed E-state index contributed by atoms with van der Waals surface area (Å²) in [4.78, 5) is 29.3. The Balaban J connectivity index is 1.16. The number of aryl methyl sites for hydroxylation is 3. The molecule has 0 bridgehead atoms. The first-order valence-electron chi connectivity index (χ1n) is 17.7. The third kappa shape index (κ3) is 9.51. The summed E-state index contributed by atoms with van der Waals surface area (Å²) in [5, 5.41) is 7.39. The van der Waals surface area contributed by atoms with Crippen molar-refractivity contribution in [3.8, 4) is 11.5 Å². The number of hydrogen-bond donors (Lipinski definition) is 1. The van der Waals surface area contributed by atoms with Gasteiger partial charge >= 0.3 is 6.09 Å². The molecule has 1 saturated heterocycles. The molecule has 272 valence electrons. The number of ether oxygens (including phenoxy) is 2. The summed E-state index contributed by atoms with van der Waals surface area (Å²) in [6.07, 6.45) is 4.61. The van der Waals surface area contributed by atoms with E-state index in [2.05, 4.69) is 44.0 Å². The molecule has 0 saturated carbocycles. The van der Waals surface area contributed by atoms with Crippen molar-refractivity contribution in [3.05, 3.63) is 119 Å². The summed E-state index contributed by atoms with van der Waals surface area (Å²) in [5.41, 5.74) is 5.15. The first-order chi connectivity index (χ1) is 25.1. The number of halogens is 1. The maximum absolute atomic E-state index is 15.2. The van der Waals surface area contributed by atoms with E-state index in [-0.39, 0.29) is 18.2 Å². The van der Waals surface area contributed by atoms with Crippen LogP contribution in [0, 0.1) is 26.6 Å². The molecule has 0 unspecified atom stereocenters. The second kappa shape index (κ2) is 16.8. The van der Waals surface area contributed by atoms with Gasteiger partial charge in [-0.1, -0.05) is 42.0 Å². The highest BCUT2D eigenvalue weighted by atomic mass is 19.1. The van der Waals surface area contributed by atoms with Crippen LogP contribution in [0.15, 0.2) is 85.3 Å². The lowest BCUT2D eigenvalue weighted by atomic mass is 10.1. The SMILES string of the molecule is Cc1cc(C)c(OC(=O)N(Cc2cccc(Cn3cccn3)c2)c2ccnc(Nc3ccc(OCCN4CCN(C(C)C)CC4)c(F)c3)n2)c(C)c1. The molecule has 3 aromatic carbocycles. The lowest BCUT2D eigenvalue weighted by Gasteiger charge is -2.36. The van der Waals surface area contributed by atoms with Crippen LogP contribution >= 0.6 is 0 Å². The lowest BCUT2D eigenvalue weighted by Crippen LogP contribution is -2.49. The number of anilines is 3. The molecule has 52 heavy (non-hydrogen) atoms. The third-order valence-electron chi connectivity index (χ3n) is 9.16. The molecule has 1 fully saturated rings. The number of rotatable bonds is 13. The van der Waals surface area contributed by atoms with Crippen molar-refractivity contribution in [1.82, 2.24) is 29.5 Å². The largest absolute Gasteiger partial charge is 0.489 e. The topological polar surface area (TPSA) is 101 Å². The van der Waals surface area contributed by atoms with E-state index in [0.29, 0.717) is 36.4 Å². The highest BCUT2D eigenvalue weighted by Gasteiger charge is 2.23. The number of amides is 1. The fraction of sp³-hybridized carbons (Fsp3) is 0.350. The van der Waals surface area contributed by atoms with Crippen molar-refractivity contribution in [3.63, 3.8) is 0 Å². The second-order valence-electron chi connectivity index (χ2n) is 13.5. The van der Waals surface area contributed by atoms with Crippen molar-refractivity contribution in [2.24, 2.45) is 0 Å². The zero-order valence-electron chi connectivity index (χ0n) is 30.6. The van der Waals surface area contributed by atoms with Gasteiger partial charge in [0, 0.05) is 69.1 Å². The van der Waals surface area contributed by atoms with Crippen molar-refractivity contribution in [1.29, 1.82) is 0 Å². The Morgan fingerprint density at radius 2 is 1.71 bits per heavy atom. The number of benzene rings is 3. The lowest BCUT2D eigenvalue weighted by molar-refractivity contribution is 0.0965. The van der Waals surface area contributed by atoms with Crippen LogP contribution in [0.25, 0.3) is 0 Å². The van der Waals surface area contributed by atoms with E-state index in [0.717, 1.165) is 60.5 Å². The second-order valence-corrected chi connectivity index (χ2v) is 13.5. The Morgan fingerprint density at radius 3 is 2.42 bits per heavy atom. The molecule has 1 aliphatic heterocycles. The molecule has 1 N–H and O–H groups in total. The van der Waals surface area contributed by atoms with Crippen LogP contribution in [-0.4, -0.2) is 81.0 Å². The predicted octanol–water partition coefficient (Wildman–Crippen LogP) is 7.14. The quantitative estimate of drug-likeness (QED) is 0.137. The summed E-state index contributed by atoms with van der Waals surface area (Å²) in [6.45, 7) is 16.2. The Labute approximate surface area is 305 Å². The van der Waals surface area contributed by atoms with Gasteiger partial charge in [0.2, 0.25) is 5.95 Å². The monoisotopic (exact) mass is 706 g/mol. The maximum atomic E-state index is 15.2. The molecule has 0 radical (unpaired) electrons. The molecule has 0 atom stereocenters. The smallest absolute Gasteiger partial charge is 0.421 e. The fourth-order valence-corrected chi connectivity index (χ4v) is 6.47. The minimum Gasteiger partial charge on any atom is -0.489 e. The van der Waals surface area contributed by atoms with Crippen LogP contribution < -0.4 is 19.7 Å². The molecule has 0 aliphatic carbocycles. The Hall–Kier alpha value is -5.33. The van der Waals surface area contributed by atoms with Crippen molar-refractivity contribution >= 4 is 23.5 Å². The van der Waals surface area contributed by atoms with Gasteiger partial charge in [0.05, 0.1) is 13.1 Å². The van der Waals surface area contributed by atoms with Crippen LogP contribution in [0.3, 0.4) is 0 Å². The number of aromatic nitrogens is 4. The first kappa shape index (κ1) is 36.5. The summed E-state index contributed by atoms with van der Waals surface area (Å²) in [5.74, 6) is 0.712. The molecule has 1 amide bonds. The first-order valence-corrected chi connectivity index (χ1v) is 17.7. The maximum Gasteiger partial charge on any atom is 0.421 e. The molecule has 6 rings (SSSR count). The fourth-order valence-electron chi connectivity index (χ4n) is 6.47. The number of carbonyl (C=O) groups is 1. The Kier molecular flexibility index (Phi) is 11.8. The molecular weight excluding hydrogens is 659 g/mol. The molecule has 1 aliphatic rings. The Morgan fingerprint density at radius 1 is 0.942 bits per heavy atom. The van der Waals surface area contributed by atoms with Gasteiger partial charge in [-0.3, -0.25) is 19.4 Å². The van der Waals surface area contributed by atoms with E-state index in [1.54, 1.807) is 30.6 Å². The van der Waals surface area contributed by atoms with Gasteiger partial charge in [-0.25, -0.2) is 14.2 Å². The summed E-state index contributed by atoms with van der Waals surface area (Å²) in [7, 11) is 0. The van der Waals surface area contributed by atoms with Gasteiger partial charge in [0.15, 0.2) is 11.6 Å². The van der Waals surface area contributed by atoms with Crippen LogP contribution in [0.5, 0.6) is 11.5 Å². The van der Waals surface area contributed by atoms with E-state index < -0.39 is 11.9 Å². The number of hydrogen-bond acceptors (Lipinski definition) is 9. The van der Waals surface area contributed by atoms with Gasteiger partial charge < -0.3 is 14.8 Å². The zero-order chi connectivity index (χ0) is 36.6. The van der Waals surface area contributed by atoms with Gasteiger partial charge in [-0.15, -0.1) is 0 Å². The molecule has 3 heterocycles. The molecule has 2 aromatic heterocycles. The number of nitrogens with one attached hydrogen (secondary N) is 1. The van der Waals surface area contributed by atoms with Crippen molar-refractivity contribution < 1.29 is 18.7 Å². The highest BCUT2D eigenvalue weighted by Crippen LogP contribution is 2.28. The van der Waals surface area contributed by atoms with Crippen LogP contribution in [-0.2, 0) is 13.1 Å². The van der Waals surface area contributed by atoms with Crippen LogP contribution in [0.1, 0.15) is 41.7 Å². The van der Waals surface area contributed by atoms with Gasteiger partial charge in [-0.05, 0) is 81.1 Å². The van der Waals surface area contributed by atoms with E-state index in [4.69, 9.17) is 9.47 Å². The average Bonchev–Trinajstić information content (AvgIpc) is 3.63. The van der Waals surface area contributed by atoms with Gasteiger partial charge in [0.25, 0.3) is 0 Å². The van der Waals surface area contributed by atoms with Crippen LogP contribution in [0.2, 0.25) is 0 Å². The average molecular weight is 707 g/mol. The van der Waals surface area contributed by atoms with E-state index >= 15 is 4.39 Å². The molecule has 11 nitrogen and oxygen atoms in total. The minimum absolute atomic E-state index is 0.181. The summed E-state index contributed by atoms with van der Waals surface area (Å²) >= 11 is 0. The normalized spacial score (nSPS) is 13.7. The standard InChI is InChI=1S/C40H47FN8O3/c1-28(2)47-18-16-46(17-19-47)20-21-51-36-11-10-34(25-35(36)41)44-39-42-14-12-37(45-39)49(40(50)52-38-30(4)22-29(3)23-31(38)5)27-33-9-6-8-32(24-33)26-48-15-7-13-43-48/h6-15,22-25,28H,16-21,26-27H2,1-5H3,(H,42,44,45). The van der Waals surface area contributed by atoms with Crippen molar-refractivity contribution in [2.75, 3.05) is 49.5 Å². The molecule has 12 heteroatoms. The van der Waals surface area contributed by atoms with E-state index in [1.165, 1.54) is 11.0 Å². The van der Waals surface area contributed by atoms with Crippen molar-refractivity contribution in [2.45, 2.75) is 53.8 Å². The molecular formula is C40H47FN8O3. The predicted molar refractivity (Wildman–Crippen MR) is 201 cm³/mol. The zero-order valence-corrected chi connectivity index (χ0v) is 30.6. The summed E-state index contributed by atoms with van der Waals surface area (Å²) < 4.78 is 28.8. The molecule has 5 aromatic rings. The number of piperazine rings is 1. The van der Waals surface area contributed by atoms with Gasteiger partial charge in [-0.2, -0.15) is 10.1 Å². The van der Waals surface area contributed by atoms with Gasteiger partial charge in [0.1, 0.15) is 18.2 Å². The summed E-state index contributed by atoms with van der Waals surface area (Å²) in [6, 6.07) is 20.7. The van der Waals surface area contributed by atoms with Crippen LogP contribution in [0.4, 0.5) is 26.6 Å². The Bertz CT molecular complexity index is 1940. The molecule has 0 spiro atoms. The minimum atomic E-state index is -0.591. The third-order valence-corrected chi connectivity index (χ3v) is 9.16. The van der Waals surface area contributed by atoms with E-state index in [9.17, 15) is 4.79 Å². The number of nitrogens with zero attached hydrogens (tertiary/aromatic N) is 7.